The Labute approximate surface area is 167 Å². The van der Waals surface area contributed by atoms with Crippen molar-refractivity contribution in [1.82, 2.24) is 10.0 Å². The van der Waals surface area contributed by atoms with Gasteiger partial charge in [-0.1, -0.05) is 61.0 Å². The second kappa shape index (κ2) is 8.45. The number of rotatable bonds is 8. The van der Waals surface area contributed by atoms with E-state index in [0.717, 1.165) is 36.0 Å². The highest BCUT2D eigenvalue weighted by Gasteiger charge is 2.45. The number of nitrogens with one attached hydrogen (secondary N) is 2. The summed E-state index contributed by atoms with van der Waals surface area (Å²) in [4.78, 5) is 12.9. The van der Waals surface area contributed by atoms with E-state index >= 15 is 0 Å². The molecule has 0 bridgehead atoms. The molecule has 0 aromatic heterocycles. The van der Waals surface area contributed by atoms with Gasteiger partial charge in [0.1, 0.15) is 0 Å². The molecule has 1 aliphatic rings. The largest absolute Gasteiger partial charge is 0.351 e. The standard InChI is InChI=1S/C22H28N2O3S/c1-17(2)24-28(26,27)16-19-11-9-18(10-12-19)15-23-21(25)22(13-6-14-22)20-7-4-3-5-8-20/h3-5,7-12,17,24H,6,13-16H2,1-2H3,(H,23,25). The van der Waals surface area contributed by atoms with Crippen LogP contribution in [-0.2, 0) is 32.5 Å². The van der Waals surface area contributed by atoms with Gasteiger partial charge in [0, 0.05) is 12.6 Å². The molecule has 0 heterocycles. The Bertz CT molecular complexity index is 903. The molecule has 28 heavy (non-hydrogen) atoms. The minimum atomic E-state index is -3.34. The monoisotopic (exact) mass is 400 g/mol. The van der Waals surface area contributed by atoms with Gasteiger partial charge in [-0.05, 0) is 43.4 Å². The molecular weight excluding hydrogens is 372 g/mol. The zero-order valence-corrected chi connectivity index (χ0v) is 17.3. The van der Waals surface area contributed by atoms with Crippen LogP contribution in [0, 0.1) is 0 Å². The molecule has 5 nitrogen and oxygen atoms in total. The van der Waals surface area contributed by atoms with Crippen LogP contribution in [0.1, 0.15) is 49.8 Å². The van der Waals surface area contributed by atoms with Crippen molar-refractivity contribution in [2.24, 2.45) is 0 Å². The summed E-state index contributed by atoms with van der Waals surface area (Å²) in [5.74, 6) is 0.0207. The van der Waals surface area contributed by atoms with E-state index < -0.39 is 15.4 Å². The molecule has 0 aliphatic heterocycles. The summed E-state index contributed by atoms with van der Waals surface area (Å²) in [6.07, 6.45) is 2.82. The molecule has 2 aromatic carbocycles. The molecule has 2 N–H and O–H groups in total. The maximum Gasteiger partial charge on any atom is 0.230 e. The van der Waals surface area contributed by atoms with Crippen molar-refractivity contribution in [3.8, 4) is 0 Å². The molecule has 1 amide bonds. The number of hydrogen-bond donors (Lipinski definition) is 2. The number of benzene rings is 2. The van der Waals surface area contributed by atoms with E-state index in [2.05, 4.69) is 10.0 Å². The van der Waals surface area contributed by atoms with Gasteiger partial charge in [-0.3, -0.25) is 4.79 Å². The van der Waals surface area contributed by atoms with Crippen LogP contribution in [0.2, 0.25) is 0 Å². The van der Waals surface area contributed by atoms with Crippen LogP contribution < -0.4 is 10.0 Å². The average Bonchev–Trinajstić information content (AvgIpc) is 2.59. The molecule has 1 aliphatic carbocycles. The average molecular weight is 401 g/mol. The van der Waals surface area contributed by atoms with Crippen LogP contribution in [-0.4, -0.2) is 20.4 Å². The minimum Gasteiger partial charge on any atom is -0.351 e. The van der Waals surface area contributed by atoms with Crippen LogP contribution in [0.25, 0.3) is 0 Å². The predicted octanol–water partition coefficient (Wildman–Crippen LogP) is 3.25. The first-order chi connectivity index (χ1) is 13.3. The van der Waals surface area contributed by atoms with E-state index in [0.29, 0.717) is 6.54 Å². The van der Waals surface area contributed by atoms with Crippen molar-refractivity contribution in [2.75, 3.05) is 0 Å². The van der Waals surface area contributed by atoms with Crippen molar-refractivity contribution in [3.63, 3.8) is 0 Å². The second-order valence-corrected chi connectivity index (χ2v) is 9.59. The third kappa shape index (κ3) is 4.80. The van der Waals surface area contributed by atoms with Gasteiger partial charge in [0.2, 0.25) is 15.9 Å². The van der Waals surface area contributed by atoms with Gasteiger partial charge >= 0.3 is 0 Å². The van der Waals surface area contributed by atoms with Crippen LogP contribution in [0.3, 0.4) is 0 Å². The quantitative estimate of drug-likeness (QED) is 0.714. The van der Waals surface area contributed by atoms with E-state index in [-0.39, 0.29) is 17.7 Å². The van der Waals surface area contributed by atoms with Gasteiger partial charge in [0.25, 0.3) is 0 Å². The van der Waals surface area contributed by atoms with Gasteiger partial charge in [0.05, 0.1) is 11.2 Å². The third-order valence-electron chi connectivity index (χ3n) is 5.22. The summed E-state index contributed by atoms with van der Waals surface area (Å²) in [7, 11) is -3.34. The summed E-state index contributed by atoms with van der Waals surface area (Å²) in [5, 5.41) is 3.06. The highest BCUT2D eigenvalue weighted by atomic mass is 32.2. The molecule has 0 saturated heterocycles. The molecule has 0 unspecified atom stereocenters. The van der Waals surface area contributed by atoms with Crippen molar-refractivity contribution in [2.45, 2.75) is 56.9 Å². The van der Waals surface area contributed by atoms with Gasteiger partial charge in [-0.2, -0.15) is 0 Å². The zero-order valence-electron chi connectivity index (χ0n) is 16.4. The lowest BCUT2D eigenvalue weighted by molar-refractivity contribution is -0.130. The number of amides is 1. The Hall–Kier alpha value is -2.18. The lowest BCUT2D eigenvalue weighted by Gasteiger charge is -2.40. The smallest absolute Gasteiger partial charge is 0.230 e. The topological polar surface area (TPSA) is 75.3 Å². The van der Waals surface area contributed by atoms with Gasteiger partial charge < -0.3 is 5.32 Å². The van der Waals surface area contributed by atoms with E-state index in [1.807, 2.05) is 42.5 Å². The molecule has 150 valence electrons. The summed E-state index contributed by atoms with van der Waals surface area (Å²) in [5.41, 5.74) is 2.35. The van der Waals surface area contributed by atoms with E-state index in [4.69, 9.17) is 0 Å². The van der Waals surface area contributed by atoms with E-state index in [9.17, 15) is 13.2 Å². The van der Waals surface area contributed by atoms with Gasteiger partial charge in [0.15, 0.2) is 0 Å². The molecule has 1 saturated carbocycles. The van der Waals surface area contributed by atoms with Crippen molar-refractivity contribution in [1.29, 1.82) is 0 Å². The first-order valence-electron chi connectivity index (χ1n) is 9.72. The summed E-state index contributed by atoms with van der Waals surface area (Å²) in [6, 6.07) is 17.2. The summed E-state index contributed by atoms with van der Waals surface area (Å²) in [6.45, 7) is 4.03. The third-order valence-corrected chi connectivity index (χ3v) is 6.76. The van der Waals surface area contributed by atoms with Gasteiger partial charge in [-0.25, -0.2) is 13.1 Å². The molecule has 3 rings (SSSR count). The Morgan fingerprint density at radius 1 is 1.00 bits per heavy atom. The maximum atomic E-state index is 12.9. The lowest BCUT2D eigenvalue weighted by Crippen LogP contribution is -2.48. The highest BCUT2D eigenvalue weighted by molar-refractivity contribution is 7.88. The second-order valence-electron chi connectivity index (χ2n) is 7.83. The predicted molar refractivity (Wildman–Crippen MR) is 111 cm³/mol. The first kappa shape index (κ1) is 20.6. The summed E-state index contributed by atoms with van der Waals surface area (Å²) >= 11 is 0. The Morgan fingerprint density at radius 3 is 2.14 bits per heavy atom. The SMILES string of the molecule is CC(C)NS(=O)(=O)Cc1ccc(CNC(=O)C2(c3ccccc3)CCC2)cc1. The molecule has 0 spiro atoms. The highest BCUT2D eigenvalue weighted by Crippen LogP contribution is 2.43. The first-order valence-corrected chi connectivity index (χ1v) is 11.4. The molecule has 6 heteroatoms. The number of hydrogen-bond acceptors (Lipinski definition) is 3. The molecule has 1 fully saturated rings. The fourth-order valence-electron chi connectivity index (χ4n) is 3.66. The molecule has 2 aromatic rings. The summed E-state index contributed by atoms with van der Waals surface area (Å²) < 4.78 is 26.6. The van der Waals surface area contributed by atoms with Crippen LogP contribution in [0.5, 0.6) is 0 Å². The lowest BCUT2D eigenvalue weighted by atomic mass is 9.64. The van der Waals surface area contributed by atoms with Crippen molar-refractivity contribution < 1.29 is 13.2 Å². The van der Waals surface area contributed by atoms with E-state index in [1.165, 1.54) is 0 Å². The van der Waals surface area contributed by atoms with Crippen LogP contribution >= 0.6 is 0 Å². The fraction of sp³-hybridized carbons (Fsp3) is 0.409. The minimum absolute atomic E-state index is 0.0467. The molecular formula is C22H28N2O3S. The molecule has 0 atom stereocenters. The van der Waals surface area contributed by atoms with Gasteiger partial charge in [-0.15, -0.1) is 0 Å². The molecule has 0 radical (unpaired) electrons. The van der Waals surface area contributed by atoms with E-state index in [1.54, 1.807) is 26.0 Å². The Kier molecular flexibility index (Phi) is 6.20. The number of carbonyl (C=O) groups is 1. The maximum absolute atomic E-state index is 12.9. The van der Waals surface area contributed by atoms with Crippen molar-refractivity contribution in [3.05, 3.63) is 71.3 Å². The normalized spacial score (nSPS) is 15.8. The van der Waals surface area contributed by atoms with Crippen LogP contribution in [0.4, 0.5) is 0 Å². The Balaban J connectivity index is 1.60. The Morgan fingerprint density at radius 2 is 1.61 bits per heavy atom. The number of sulfonamides is 1. The fourth-order valence-corrected chi connectivity index (χ4v) is 5.09. The zero-order chi connectivity index (χ0) is 20.2. The van der Waals surface area contributed by atoms with Crippen molar-refractivity contribution >= 4 is 15.9 Å². The van der Waals surface area contributed by atoms with Crippen LogP contribution in [0.15, 0.2) is 54.6 Å². The number of carbonyl (C=O) groups excluding carboxylic acids is 1.